The molecule has 3 atom stereocenters. The molecular formula is C24H54FeO6S6. The van der Waals surface area contributed by atoms with Gasteiger partial charge in [0, 0.05) is 67.9 Å². The minimum atomic E-state index is -2.88. The van der Waals surface area contributed by atoms with Crippen LogP contribution in [0.25, 0.3) is 0 Å². The van der Waals surface area contributed by atoms with Gasteiger partial charge in [0.25, 0.3) is 0 Å². The van der Waals surface area contributed by atoms with Gasteiger partial charge in [0.2, 0.25) is 0 Å². The normalized spacial score (nSPS) is 15.4. The van der Waals surface area contributed by atoms with Crippen molar-refractivity contribution in [1.82, 2.24) is 0 Å². The Morgan fingerprint density at radius 3 is 0.730 bits per heavy atom. The van der Waals surface area contributed by atoms with Gasteiger partial charge in [0.05, 0.1) is 0 Å². The predicted octanol–water partition coefficient (Wildman–Crippen LogP) is 7.70. The first-order chi connectivity index (χ1) is 16.7. The Kier molecular flexibility index (Phi) is 37.5. The summed E-state index contributed by atoms with van der Waals surface area (Å²) in [6.45, 7) is 6.51. The Hall–Kier alpha value is 1.51. The number of unbranched alkanes of at least 4 members (excludes halogenated alkanes) is 15. The van der Waals surface area contributed by atoms with E-state index in [1.165, 1.54) is 77.0 Å². The molecule has 0 heterocycles. The first kappa shape index (κ1) is 45.5. The van der Waals surface area contributed by atoms with Crippen LogP contribution < -0.4 is 0 Å². The molecule has 0 aromatic carbocycles. The second-order valence-electron chi connectivity index (χ2n) is 9.16. The topological polar surface area (TPSA) is 112 Å². The van der Waals surface area contributed by atoms with E-state index in [0.29, 0.717) is 0 Å². The summed E-state index contributed by atoms with van der Waals surface area (Å²) in [6, 6.07) is 0. The summed E-state index contributed by atoms with van der Waals surface area (Å²) in [4.78, 5) is 0. The summed E-state index contributed by atoms with van der Waals surface area (Å²) in [5, 5.41) is 0. The monoisotopic (exact) mass is 686 g/mol. The summed E-state index contributed by atoms with van der Waals surface area (Å²) in [5.74, 6) is 0.859. The first-order valence-electron chi connectivity index (χ1n) is 13.5. The van der Waals surface area contributed by atoms with Crippen LogP contribution >= 0.6 is 0 Å². The smallest absolute Gasteiger partial charge is 0.141 e. The number of hydrogen-bond acceptors (Lipinski definition) is 6. The Bertz CT molecular complexity index is 667. The van der Waals surface area contributed by atoms with E-state index in [4.69, 9.17) is 13.7 Å². The van der Waals surface area contributed by atoms with E-state index >= 15 is 0 Å². The van der Waals surface area contributed by atoms with Crippen LogP contribution in [0.15, 0.2) is 0 Å². The fourth-order valence-electron chi connectivity index (χ4n) is 3.19. The Morgan fingerprint density at radius 1 is 0.405 bits per heavy atom. The van der Waals surface area contributed by atoms with Crippen molar-refractivity contribution in [3.05, 3.63) is 0 Å². The molecule has 0 saturated heterocycles. The fourth-order valence-corrected chi connectivity index (χ4v) is 5.96. The van der Waals surface area contributed by atoms with Gasteiger partial charge >= 0.3 is 0 Å². The molecule has 0 fully saturated rings. The van der Waals surface area contributed by atoms with Crippen molar-refractivity contribution >= 4 is 59.9 Å². The van der Waals surface area contributed by atoms with E-state index in [1.807, 2.05) is 0 Å². The zero-order valence-electron chi connectivity index (χ0n) is 23.2. The quantitative estimate of drug-likeness (QED) is 0.0826. The van der Waals surface area contributed by atoms with Gasteiger partial charge in [-0.15, -0.1) is 0 Å². The Balaban J connectivity index is -0.000000218. The minimum Gasteiger partial charge on any atom is -0.306 e. The van der Waals surface area contributed by atoms with Gasteiger partial charge in [-0.2, -0.15) is 0 Å². The molecule has 37 heavy (non-hydrogen) atoms. The van der Waals surface area contributed by atoms with Crippen LogP contribution in [0, 0.1) is 0 Å². The van der Waals surface area contributed by atoms with E-state index in [0.717, 1.165) is 38.5 Å². The van der Waals surface area contributed by atoms with Crippen molar-refractivity contribution in [1.29, 1.82) is 0 Å². The maximum atomic E-state index is 10.6. The van der Waals surface area contributed by atoms with Gasteiger partial charge in [-0.1, -0.05) is 117 Å². The van der Waals surface area contributed by atoms with Crippen LogP contribution in [0.2, 0.25) is 0 Å². The van der Waals surface area contributed by atoms with Gasteiger partial charge < -0.3 is 13.7 Å². The molecule has 0 aromatic heterocycles. The number of hydrogen-bond donors (Lipinski definition) is 3. The molecule has 230 valence electrons. The first-order valence-corrected chi connectivity index (χ1v) is 21.4. The van der Waals surface area contributed by atoms with Gasteiger partial charge in [-0.3, -0.25) is 0 Å². The molecule has 0 saturated carbocycles. The van der Waals surface area contributed by atoms with Crippen molar-refractivity contribution in [3.8, 4) is 0 Å². The molecule has 0 aliphatic rings. The van der Waals surface area contributed by atoms with Crippen molar-refractivity contribution in [2.24, 2.45) is 0 Å². The Labute approximate surface area is 255 Å². The van der Waals surface area contributed by atoms with Gasteiger partial charge in [0.15, 0.2) is 0 Å². The average molecular weight is 687 g/mol. The molecular weight excluding hydrogens is 633 g/mol. The molecule has 0 bridgehead atoms. The van der Waals surface area contributed by atoms with Crippen LogP contribution in [0.4, 0.5) is 0 Å². The Morgan fingerprint density at radius 2 is 0.568 bits per heavy atom. The molecule has 3 N–H and O–H groups in total. The summed E-state index contributed by atoms with van der Waals surface area (Å²) in [6.07, 6.45) is 20.2. The average Bonchev–Trinajstić information content (AvgIpc) is 2.74. The zero-order chi connectivity index (χ0) is 28.3. The molecule has 0 radical (unpaired) electrons. The summed E-state index contributed by atoms with van der Waals surface area (Å²) >= 11 is 13.1. The zero-order valence-corrected chi connectivity index (χ0v) is 29.2. The van der Waals surface area contributed by atoms with Crippen molar-refractivity contribution in [3.63, 3.8) is 0 Å². The third-order valence-corrected chi connectivity index (χ3v) is 9.18. The molecule has 13 heteroatoms. The van der Waals surface area contributed by atoms with E-state index in [2.05, 4.69) is 54.3 Å². The molecule has 0 aromatic rings. The van der Waals surface area contributed by atoms with Crippen LogP contribution in [0.5, 0.6) is 0 Å². The molecule has 6 nitrogen and oxygen atoms in total. The molecule has 0 aliphatic heterocycles. The maximum Gasteiger partial charge on any atom is 0.141 e. The van der Waals surface area contributed by atoms with Crippen molar-refractivity contribution < 1.29 is 43.4 Å². The summed E-state index contributed by atoms with van der Waals surface area (Å²) in [7, 11) is -8.65. The van der Waals surface area contributed by atoms with Crippen LogP contribution in [-0.2, 0) is 77.0 Å². The number of rotatable bonds is 21. The van der Waals surface area contributed by atoms with E-state index < -0.39 is 26.3 Å². The fraction of sp³-hybridized carbons (Fsp3) is 1.00. The molecule has 0 aliphatic carbocycles. The van der Waals surface area contributed by atoms with Crippen molar-refractivity contribution in [2.45, 2.75) is 136 Å². The van der Waals surface area contributed by atoms with Crippen LogP contribution in [0.1, 0.15) is 136 Å². The molecule has 3 unspecified atom stereocenters. The van der Waals surface area contributed by atoms with Crippen molar-refractivity contribution in [2.75, 3.05) is 17.3 Å². The maximum absolute atomic E-state index is 10.6. The molecule has 0 rings (SSSR count). The van der Waals surface area contributed by atoms with Gasteiger partial charge in [-0.25, -0.2) is 12.6 Å². The van der Waals surface area contributed by atoms with Gasteiger partial charge in [0.1, 0.15) is 26.3 Å². The van der Waals surface area contributed by atoms with E-state index in [1.54, 1.807) is 0 Å². The second-order valence-corrected chi connectivity index (χ2v) is 18.6. The third kappa shape index (κ3) is 58.2. The standard InChI is InChI=1S/3C8H18O2S2.Fe/c3*1-2-3-4-5-6-7-8-12(9,10)11;/h3*2-8H2,1H3,(H,9,10,11);. The minimum absolute atomic E-state index is 0. The predicted molar refractivity (Wildman–Crippen MR) is 169 cm³/mol. The summed E-state index contributed by atoms with van der Waals surface area (Å²) in [5.41, 5.74) is 0. The summed E-state index contributed by atoms with van der Waals surface area (Å²) < 4.78 is 58.2. The second kappa shape index (κ2) is 30.5. The van der Waals surface area contributed by atoms with E-state index in [9.17, 15) is 12.6 Å². The molecule has 0 spiro atoms. The van der Waals surface area contributed by atoms with Gasteiger partial charge in [-0.05, 0) is 19.3 Å². The van der Waals surface area contributed by atoms with E-state index in [-0.39, 0.29) is 34.3 Å². The van der Waals surface area contributed by atoms with Crippen LogP contribution in [0.3, 0.4) is 0 Å². The van der Waals surface area contributed by atoms with Crippen LogP contribution in [-0.4, -0.2) is 43.5 Å². The third-order valence-electron chi connectivity index (χ3n) is 5.27. The largest absolute Gasteiger partial charge is 0.306 e. The SMILES string of the molecule is CCCCCCCCS(=O)(O)=S.CCCCCCCCS(=O)(O)=S.CCCCCCCCS(=O)(O)=S.[Fe]. The molecule has 0 amide bonds.